The Balaban J connectivity index is 2.67. The van der Waals surface area contributed by atoms with Crippen LogP contribution in [0.25, 0.3) is 0 Å². The van der Waals surface area contributed by atoms with Crippen LogP contribution >= 0.6 is 0 Å². The van der Waals surface area contributed by atoms with Crippen molar-refractivity contribution in [1.82, 2.24) is 0 Å². The first-order chi connectivity index (χ1) is 11.1. The highest BCUT2D eigenvalue weighted by Crippen LogP contribution is 2.33. The third kappa shape index (κ3) is 3.11. The molecule has 0 aliphatic rings. The third-order valence-corrected chi connectivity index (χ3v) is 4.91. The Kier molecular flexibility index (Phi) is 4.40. The second kappa shape index (κ2) is 6.01. The number of alkyl halides is 3. The first-order valence-corrected chi connectivity index (χ1v) is 7.82. The molecule has 0 amide bonds. The molecule has 0 aliphatic carbocycles. The van der Waals surface area contributed by atoms with E-state index in [4.69, 9.17) is 15.7 Å². The van der Waals surface area contributed by atoms with Crippen molar-refractivity contribution in [3.05, 3.63) is 41.5 Å². The lowest BCUT2D eigenvalue weighted by Gasteiger charge is -2.10. The van der Waals surface area contributed by atoms with Gasteiger partial charge in [0, 0.05) is 0 Å². The monoisotopic (exact) mass is 358 g/mol. The molecule has 0 saturated carbocycles. The van der Waals surface area contributed by atoms with Crippen molar-refractivity contribution in [2.24, 2.45) is 0 Å². The molecule has 126 valence electrons. The fourth-order valence-corrected chi connectivity index (χ4v) is 3.37. The van der Waals surface area contributed by atoms with Gasteiger partial charge in [0.05, 0.1) is 17.6 Å². The van der Waals surface area contributed by atoms with Crippen LogP contribution in [0.5, 0.6) is 5.88 Å². The van der Waals surface area contributed by atoms with Gasteiger partial charge in [0.2, 0.25) is 9.84 Å². The number of aromatic amines is 1. The standard InChI is InChI=1S/C14H10F3N3O3S/c1-23-13-8(7-18)5-11(12(19)20-13)24(21,22)10-4-2-3-9(6-10)14(15,16)17/h2-6H,1H3,(H2,19,20)/p+1. The predicted molar refractivity (Wildman–Crippen MR) is 75.6 cm³/mol. The first kappa shape index (κ1) is 17.6. The Labute approximate surface area is 135 Å². The number of pyridine rings is 1. The van der Waals surface area contributed by atoms with Crippen LogP contribution in [0.4, 0.5) is 19.0 Å². The topological polar surface area (TPSA) is 107 Å². The molecule has 0 atom stereocenters. The Bertz CT molecular complexity index is 935. The highest BCUT2D eigenvalue weighted by atomic mass is 32.2. The predicted octanol–water partition coefficient (Wildman–Crippen LogP) is 1.81. The minimum atomic E-state index is -4.69. The molecule has 10 heteroatoms. The molecule has 6 nitrogen and oxygen atoms in total. The number of nitrogen functional groups attached to an aromatic ring is 1. The Morgan fingerprint density at radius 3 is 2.50 bits per heavy atom. The van der Waals surface area contributed by atoms with Crippen LogP contribution in [0, 0.1) is 11.3 Å². The number of hydrogen-bond acceptors (Lipinski definition) is 5. The van der Waals surface area contributed by atoms with Crippen molar-refractivity contribution in [2.45, 2.75) is 16.0 Å². The van der Waals surface area contributed by atoms with Crippen molar-refractivity contribution in [2.75, 3.05) is 12.8 Å². The van der Waals surface area contributed by atoms with E-state index < -0.39 is 31.4 Å². The summed E-state index contributed by atoms with van der Waals surface area (Å²) in [5.41, 5.74) is 4.36. The molecular weight excluding hydrogens is 347 g/mol. The average Bonchev–Trinajstić information content (AvgIpc) is 2.53. The Hall–Kier alpha value is -2.80. The maximum atomic E-state index is 12.8. The number of H-pyrrole nitrogens is 1. The second-order valence-corrected chi connectivity index (χ2v) is 6.55. The van der Waals surface area contributed by atoms with E-state index in [0.29, 0.717) is 6.07 Å². The van der Waals surface area contributed by atoms with Gasteiger partial charge >= 0.3 is 6.18 Å². The van der Waals surface area contributed by atoms with Gasteiger partial charge in [-0.25, -0.2) is 13.4 Å². The number of aromatic nitrogens is 1. The van der Waals surface area contributed by atoms with E-state index in [1.165, 1.54) is 7.11 Å². The molecule has 2 aromatic rings. The molecule has 0 radical (unpaired) electrons. The fourth-order valence-electron chi connectivity index (χ4n) is 1.96. The molecule has 1 heterocycles. The normalized spacial score (nSPS) is 11.8. The Morgan fingerprint density at radius 2 is 1.96 bits per heavy atom. The quantitative estimate of drug-likeness (QED) is 0.900. The summed E-state index contributed by atoms with van der Waals surface area (Å²) in [5.74, 6) is -0.416. The lowest BCUT2D eigenvalue weighted by Crippen LogP contribution is -2.20. The summed E-state index contributed by atoms with van der Waals surface area (Å²) in [5, 5.41) is 9.02. The van der Waals surface area contributed by atoms with Crippen molar-refractivity contribution in [3.63, 3.8) is 0 Å². The molecule has 0 bridgehead atoms. The van der Waals surface area contributed by atoms with E-state index in [1.54, 1.807) is 6.07 Å². The number of sulfone groups is 1. The van der Waals surface area contributed by atoms with Crippen LogP contribution in [0.2, 0.25) is 0 Å². The van der Waals surface area contributed by atoms with E-state index in [2.05, 4.69) is 4.98 Å². The molecule has 3 N–H and O–H groups in total. The summed E-state index contributed by atoms with van der Waals surface area (Å²) in [6.07, 6.45) is -4.69. The molecular formula is C14H11F3N3O3S+. The van der Waals surface area contributed by atoms with E-state index in [0.717, 1.165) is 24.3 Å². The minimum absolute atomic E-state index is 0.0574. The van der Waals surface area contributed by atoms with E-state index in [-0.39, 0.29) is 17.3 Å². The third-order valence-electron chi connectivity index (χ3n) is 3.12. The van der Waals surface area contributed by atoms with E-state index in [1.807, 2.05) is 0 Å². The van der Waals surface area contributed by atoms with E-state index >= 15 is 0 Å². The number of nitrogens with two attached hydrogens (primary N) is 1. The van der Waals surface area contributed by atoms with Crippen LogP contribution in [-0.4, -0.2) is 15.5 Å². The zero-order valence-corrected chi connectivity index (χ0v) is 13.0. The van der Waals surface area contributed by atoms with Crippen LogP contribution in [-0.2, 0) is 16.0 Å². The zero-order chi connectivity index (χ0) is 18.1. The van der Waals surface area contributed by atoms with Gasteiger partial charge in [-0.2, -0.15) is 18.4 Å². The molecule has 1 aromatic carbocycles. The maximum Gasteiger partial charge on any atom is 0.416 e. The van der Waals surface area contributed by atoms with Gasteiger partial charge in [0.15, 0.2) is 4.90 Å². The SMILES string of the molecule is COc1[nH+]c(N)c(S(=O)(=O)c2cccc(C(F)(F)F)c2)cc1C#N. The largest absolute Gasteiger partial charge is 0.465 e. The number of rotatable bonds is 3. The first-order valence-electron chi connectivity index (χ1n) is 6.33. The van der Waals surface area contributed by atoms with Gasteiger partial charge < -0.3 is 4.74 Å². The number of hydrogen-bond donors (Lipinski definition) is 1. The highest BCUT2D eigenvalue weighted by molar-refractivity contribution is 7.91. The molecule has 0 fully saturated rings. The molecule has 0 spiro atoms. The summed E-state index contributed by atoms with van der Waals surface area (Å²) in [6, 6.07) is 5.91. The van der Waals surface area contributed by atoms with Crippen LogP contribution in [0.3, 0.4) is 0 Å². The summed E-state index contributed by atoms with van der Waals surface area (Å²) in [6.45, 7) is 0. The fraction of sp³-hybridized carbons (Fsp3) is 0.143. The van der Waals surface area contributed by atoms with Crippen LogP contribution in [0.1, 0.15) is 11.1 Å². The number of nitrogens with zero attached hydrogens (tertiary/aromatic N) is 1. The number of ether oxygens (including phenoxy) is 1. The minimum Gasteiger partial charge on any atom is -0.465 e. The molecule has 0 unspecified atom stereocenters. The maximum absolute atomic E-state index is 12.8. The average molecular weight is 358 g/mol. The van der Waals surface area contributed by atoms with E-state index in [9.17, 15) is 21.6 Å². The number of methoxy groups -OCH3 is 1. The smallest absolute Gasteiger partial charge is 0.416 e. The summed E-state index contributed by atoms with van der Waals surface area (Å²) >= 11 is 0. The van der Waals surface area contributed by atoms with Crippen LogP contribution in [0.15, 0.2) is 40.1 Å². The summed E-state index contributed by atoms with van der Waals surface area (Å²) in [7, 11) is -3.13. The molecule has 0 aliphatic heterocycles. The van der Waals surface area contributed by atoms with Gasteiger partial charge in [0.1, 0.15) is 11.6 Å². The number of nitriles is 1. The highest BCUT2D eigenvalue weighted by Gasteiger charge is 2.33. The van der Waals surface area contributed by atoms with Gasteiger partial charge in [0.25, 0.3) is 11.7 Å². The molecule has 1 aromatic heterocycles. The number of halogens is 3. The number of anilines is 1. The van der Waals surface area contributed by atoms with Gasteiger partial charge in [-0.05, 0) is 24.3 Å². The van der Waals surface area contributed by atoms with Crippen LogP contribution < -0.4 is 15.5 Å². The van der Waals surface area contributed by atoms with Gasteiger partial charge in [-0.3, -0.25) is 5.73 Å². The van der Waals surface area contributed by atoms with Gasteiger partial charge in [-0.15, -0.1) is 0 Å². The van der Waals surface area contributed by atoms with Crippen molar-refractivity contribution in [3.8, 4) is 11.9 Å². The zero-order valence-electron chi connectivity index (χ0n) is 12.2. The number of benzene rings is 1. The molecule has 0 saturated heterocycles. The molecule has 2 rings (SSSR count). The number of nitrogens with one attached hydrogen (secondary N) is 1. The van der Waals surface area contributed by atoms with Crippen molar-refractivity contribution < 1.29 is 31.3 Å². The lowest BCUT2D eigenvalue weighted by atomic mass is 10.2. The summed E-state index contributed by atoms with van der Waals surface area (Å²) < 4.78 is 68.3. The second-order valence-electron chi connectivity index (χ2n) is 4.64. The Morgan fingerprint density at radius 1 is 1.29 bits per heavy atom. The lowest BCUT2D eigenvalue weighted by molar-refractivity contribution is -0.378. The van der Waals surface area contributed by atoms with Crippen molar-refractivity contribution >= 4 is 15.7 Å². The van der Waals surface area contributed by atoms with Gasteiger partial charge in [-0.1, -0.05) is 6.07 Å². The summed E-state index contributed by atoms with van der Waals surface area (Å²) in [4.78, 5) is 1.29. The van der Waals surface area contributed by atoms with Crippen molar-refractivity contribution in [1.29, 1.82) is 5.26 Å². The molecule has 24 heavy (non-hydrogen) atoms.